The lowest BCUT2D eigenvalue weighted by Crippen LogP contribution is -1.93. The van der Waals surface area contributed by atoms with Crippen LogP contribution >= 0.6 is 0 Å². The van der Waals surface area contributed by atoms with Crippen LogP contribution in [0.5, 0.6) is 5.88 Å². The summed E-state index contributed by atoms with van der Waals surface area (Å²) in [6.45, 7) is 0. The SMILES string of the molecule is COc1ncccc1N.[H+].[H+]. The highest BCUT2D eigenvalue weighted by atomic mass is 16.5. The topological polar surface area (TPSA) is 48.1 Å². The minimum absolute atomic E-state index is 0. The molecule has 0 radical (unpaired) electrons. The molecule has 0 aliphatic heterocycles. The van der Waals surface area contributed by atoms with E-state index in [2.05, 4.69) is 4.98 Å². The normalized spacial score (nSPS) is 9.00. The van der Waals surface area contributed by atoms with Crippen LogP contribution in [-0.4, -0.2) is 12.1 Å². The van der Waals surface area contributed by atoms with Crippen LogP contribution in [0.15, 0.2) is 18.3 Å². The molecular weight excluding hydrogens is 116 g/mol. The summed E-state index contributed by atoms with van der Waals surface area (Å²) in [5.41, 5.74) is 6.01. The monoisotopic (exact) mass is 126 g/mol. The van der Waals surface area contributed by atoms with Crippen molar-refractivity contribution >= 4 is 5.69 Å². The molecule has 3 nitrogen and oxygen atoms in total. The number of hydrogen-bond donors (Lipinski definition) is 1. The first kappa shape index (κ1) is 5.88. The molecule has 1 rings (SSSR count). The van der Waals surface area contributed by atoms with Crippen molar-refractivity contribution in [1.29, 1.82) is 0 Å². The van der Waals surface area contributed by atoms with E-state index in [0.717, 1.165) is 0 Å². The van der Waals surface area contributed by atoms with Gasteiger partial charge >= 0.3 is 2.85 Å². The van der Waals surface area contributed by atoms with Gasteiger partial charge in [-0.25, -0.2) is 4.98 Å². The second-order valence-corrected chi connectivity index (χ2v) is 1.60. The first-order valence-electron chi connectivity index (χ1n) is 2.59. The molecule has 0 aliphatic carbocycles. The van der Waals surface area contributed by atoms with Crippen LogP contribution in [0, 0.1) is 0 Å². The Morgan fingerprint density at radius 3 is 3.00 bits per heavy atom. The van der Waals surface area contributed by atoms with Crippen molar-refractivity contribution in [3.63, 3.8) is 0 Å². The van der Waals surface area contributed by atoms with E-state index in [4.69, 9.17) is 10.5 Å². The van der Waals surface area contributed by atoms with Crippen molar-refractivity contribution < 1.29 is 7.59 Å². The molecule has 9 heavy (non-hydrogen) atoms. The van der Waals surface area contributed by atoms with Crippen molar-refractivity contribution in [2.45, 2.75) is 0 Å². The number of nitrogens with zero attached hydrogens (tertiary/aromatic N) is 1. The van der Waals surface area contributed by atoms with Gasteiger partial charge in [-0.2, -0.15) is 0 Å². The van der Waals surface area contributed by atoms with E-state index in [0.29, 0.717) is 11.6 Å². The third kappa shape index (κ3) is 1.10. The minimum atomic E-state index is 0. The lowest BCUT2D eigenvalue weighted by atomic mass is 10.4. The van der Waals surface area contributed by atoms with Crippen LogP contribution in [0.2, 0.25) is 0 Å². The average molecular weight is 126 g/mol. The van der Waals surface area contributed by atoms with E-state index in [-0.39, 0.29) is 2.85 Å². The highest BCUT2D eigenvalue weighted by Gasteiger charge is 1.93. The van der Waals surface area contributed by atoms with E-state index in [9.17, 15) is 0 Å². The van der Waals surface area contributed by atoms with Gasteiger partial charge in [0.05, 0.1) is 12.8 Å². The van der Waals surface area contributed by atoms with Crippen molar-refractivity contribution in [1.82, 2.24) is 4.98 Å². The standard InChI is InChI=1S/C6H8N2O/c1-9-6-5(7)3-2-4-8-6/h2-4H,7H2,1H3/p+2. The van der Waals surface area contributed by atoms with Gasteiger partial charge < -0.3 is 10.5 Å². The maximum absolute atomic E-state index is 5.44. The van der Waals surface area contributed by atoms with Gasteiger partial charge in [0.1, 0.15) is 0 Å². The third-order valence-electron chi connectivity index (χ3n) is 0.994. The van der Waals surface area contributed by atoms with Crippen molar-refractivity contribution in [3.05, 3.63) is 18.3 Å². The van der Waals surface area contributed by atoms with E-state index < -0.39 is 0 Å². The van der Waals surface area contributed by atoms with Crippen LogP contribution < -0.4 is 10.5 Å². The van der Waals surface area contributed by atoms with Gasteiger partial charge in [-0.3, -0.25) is 0 Å². The van der Waals surface area contributed by atoms with Gasteiger partial charge in [-0.1, -0.05) is 0 Å². The van der Waals surface area contributed by atoms with Gasteiger partial charge in [-0.05, 0) is 12.1 Å². The Bertz CT molecular complexity index is 208. The zero-order valence-electron chi connectivity index (χ0n) is 7.16. The molecule has 0 aromatic carbocycles. The highest BCUT2D eigenvalue weighted by molar-refractivity contribution is 5.46. The first-order chi connectivity index (χ1) is 4.34. The summed E-state index contributed by atoms with van der Waals surface area (Å²) in [4.78, 5) is 3.85. The van der Waals surface area contributed by atoms with Gasteiger partial charge in [0.15, 0.2) is 0 Å². The average Bonchev–Trinajstić information content (AvgIpc) is 1.89. The summed E-state index contributed by atoms with van der Waals surface area (Å²) >= 11 is 0. The van der Waals surface area contributed by atoms with E-state index in [1.165, 1.54) is 0 Å². The fourth-order valence-electron chi connectivity index (χ4n) is 0.574. The molecule has 3 heteroatoms. The number of nitrogen functional groups attached to an aromatic ring is 1. The predicted octanol–water partition coefficient (Wildman–Crippen LogP) is 0.897. The number of pyridine rings is 1. The number of nitrogens with two attached hydrogens (primary N) is 1. The lowest BCUT2D eigenvalue weighted by molar-refractivity contribution is 0.400. The molecule has 1 aromatic heterocycles. The zero-order valence-corrected chi connectivity index (χ0v) is 5.16. The summed E-state index contributed by atoms with van der Waals surface area (Å²) in [5, 5.41) is 0. The Morgan fingerprint density at radius 2 is 2.56 bits per heavy atom. The Hall–Kier alpha value is -1.25. The molecule has 48 valence electrons. The summed E-state index contributed by atoms with van der Waals surface area (Å²) in [6.07, 6.45) is 1.63. The first-order valence-corrected chi connectivity index (χ1v) is 2.59. The maximum Gasteiger partial charge on any atom is 1.00 e. The van der Waals surface area contributed by atoms with Crippen molar-refractivity contribution in [2.75, 3.05) is 12.8 Å². The van der Waals surface area contributed by atoms with E-state index in [1.807, 2.05) is 0 Å². The number of anilines is 1. The van der Waals surface area contributed by atoms with Crippen molar-refractivity contribution in [2.24, 2.45) is 0 Å². The van der Waals surface area contributed by atoms with Gasteiger partial charge in [0, 0.05) is 6.20 Å². The summed E-state index contributed by atoms with van der Waals surface area (Å²) in [7, 11) is 1.54. The third-order valence-corrected chi connectivity index (χ3v) is 0.994. The molecule has 0 spiro atoms. The minimum Gasteiger partial charge on any atom is -0.480 e. The molecule has 1 heterocycles. The lowest BCUT2D eigenvalue weighted by Gasteiger charge is -1.98. The van der Waals surface area contributed by atoms with Crippen LogP contribution in [0.25, 0.3) is 0 Å². The second kappa shape index (κ2) is 2.35. The molecule has 0 atom stereocenters. The number of rotatable bonds is 1. The molecule has 0 amide bonds. The quantitative estimate of drug-likeness (QED) is 0.608. The van der Waals surface area contributed by atoms with Crippen LogP contribution in [0.1, 0.15) is 2.85 Å². The molecule has 0 fully saturated rings. The van der Waals surface area contributed by atoms with Gasteiger partial charge in [0.25, 0.3) is 0 Å². The van der Waals surface area contributed by atoms with Crippen LogP contribution in [0.3, 0.4) is 0 Å². The Kier molecular flexibility index (Phi) is 1.53. The molecule has 0 saturated carbocycles. The maximum atomic E-state index is 5.44. The van der Waals surface area contributed by atoms with Crippen LogP contribution in [-0.2, 0) is 0 Å². The van der Waals surface area contributed by atoms with E-state index >= 15 is 0 Å². The predicted molar refractivity (Wildman–Crippen MR) is 37.4 cm³/mol. The molecule has 0 unspecified atom stereocenters. The number of ether oxygens (including phenoxy) is 1. The molecule has 0 bridgehead atoms. The molecule has 0 saturated heterocycles. The van der Waals surface area contributed by atoms with Crippen LogP contribution in [0.4, 0.5) is 5.69 Å². The Balaban J connectivity index is 0. The molecule has 2 N–H and O–H groups in total. The Morgan fingerprint density at radius 1 is 1.78 bits per heavy atom. The summed E-state index contributed by atoms with van der Waals surface area (Å²) < 4.78 is 4.81. The zero-order chi connectivity index (χ0) is 6.69. The smallest absolute Gasteiger partial charge is 0.480 e. The molecular formula is C6H10N2O+2. The van der Waals surface area contributed by atoms with E-state index in [1.54, 1.807) is 25.4 Å². The molecule has 0 aliphatic rings. The summed E-state index contributed by atoms with van der Waals surface area (Å²) in [5.74, 6) is 0.484. The summed E-state index contributed by atoms with van der Waals surface area (Å²) in [6, 6.07) is 3.50. The highest BCUT2D eigenvalue weighted by Crippen LogP contribution is 2.13. The fraction of sp³-hybridized carbons (Fsp3) is 0.167. The fourth-order valence-corrected chi connectivity index (χ4v) is 0.574. The number of hydrogen-bond acceptors (Lipinski definition) is 3. The van der Waals surface area contributed by atoms with Crippen molar-refractivity contribution in [3.8, 4) is 5.88 Å². The number of methoxy groups -OCH3 is 1. The van der Waals surface area contributed by atoms with Gasteiger partial charge in [0.2, 0.25) is 5.88 Å². The molecule has 1 aromatic rings. The largest absolute Gasteiger partial charge is 1.00 e. The number of aromatic nitrogens is 1. The van der Waals surface area contributed by atoms with Gasteiger partial charge in [-0.15, -0.1) is 0 Å². The Labute approximate surface area is 56.4 Å². The second-order valence-electron chi connectivity index (χ2n) is 1.60.